The van der Waals surface area contributed by atoms with Crippen LogP contribution in [0, 0.1) is 13.8 Å². The molecule has 1 amide bonds. The molecule has 0 atom stereocenters. The Morgan fingerprint density at radius 3 is 2.59 bits per heavy atom. The Kier molecular flexibility index (Phi) is 7.53. The van der Waals surface area contributed by atoms with Gasteiger partial charge in [0.2, 0.25) is 0 Å². The second-order valence-corrected chi connectivity index (χ2v) is 7.79. The first kappa shape index (κ1) is 21.2. The molecule has 0 saturated heterocycles. The van der Waals surface area contributed by atoms with Crippen LogP contribution in [0.25, 0.3) is 0 Å². The lowest BCUT2D eigenvalue weighted by Gasteiger charge is -2.16. The molecule has 0 spiro atoms. The summed E-state index contributed by atoms with van der Waals surface area (Å²) in [5.41, 5.74) is 3.77. The van der Waals surface area contributed by atoms with Crippen molar-refractivity contribution in [3.8, 4) is 11.5 Å². The maximum absolute atomic E-state index is 12.5. The lowest BCUT2D eigenvalue weighted by Crippen LogP contribution is -2.25. The van der Waals surface area contributed by atoms with E-state index in [1.165, 1.54) is 25.7 Å². The topological polar surface area (TPSA) is 59.6 Å². The average Bonchev–Trinajstić information content (AvgIpc) is 3.21. The van der Waals surface area contributed by atoms with Gasteiger partial charge in [-0.05, 0) is 74.6 Å². The molecule has 156 valence electrons. The third-order valence-electron chi connectivity index (χ3n) is 5.39. The quantitative estimate of drug-likeness (QED) is 0.571. The normalized spacial score (nSPS) is 14.0. The van der Waals surface area contributed by atoms with E-state index < -0.39 is 0 Å². The van der Waals surface area contributed by atoms with Crippen LogP contribution in [0.5, 0.6) is 11.5 Å². The summed E-state index contributed by atoms with van der Waals surface area (Å²) >= 11 is 0. The Hall–Kier alpha value is -2.53. The van der Waals surface area contributed by atoms with Gasteiger partial charge in [0.25, 0.3) is 5.91 Å². The summed E-state index contributed by atoms with van der Waals surface area (Å²) in [5.74, 6) is 1.38. The number of hydrogen-bond acceptors (Lipinski definition) is 4. The summed E-state index contributed by atoms with van der Waals surface area (Å²) in [6, 6.07) is 12.4. The average molecular weight is 397 g/mol. The lowest BCUT2D eigenvalue weighted by atomic mass is 10.1. The van der Waals surface area contributed by atoms with Crippen molar-refractivity contribution in [2.24, 2.45) is 0 Å². The zero-order valence-electron chi connectivity index (χ0n) is 17.7. The Balaban J connectivity index is 1.65. The van der Waals surface area contributed by atoms with E-state index in [4.69, 9.17) is 9.47 Å². The Labute approximate surface area is 173 Å². The van der Waals surface area contributed by atoms with Gasteiger partial charge in [-0.2, -0.15) is 0 Å². The maximum atomic E-state index is 12.5. The molecule has 3 rings (SSSR count). The number of rotatable bonds is 9. The minimum atomic E-state index is -0.0862. The minimum absolute atomic E-state index is 0.0862. The van der Waals surface area contributed by atoms with E-state index >= 15 is 0 Å². The van der Waals surface area contributed by atoms with Gasteiger partial charge in [-0.1, -0.05) is 18.9 Å². The van der Waals surface area contributed by atoms with Crippen LogP contribution >= 0.6 is 0 Å². The van der Waals surface area contributed by atoms with Crippen LogP contribution in [-0.2, 0) is 4.74 Å². The number of carbonyl (C=O) groups is 1. The highest BCUT2D eigenvalue weighted by Crippen LogP contribution is 2.30. The molecular formula is C24H32N2O3. The number of amides is 1. The number of methoxy groups -OCH3 is 1. The first-order valence-electron chi connectivity index (χ1n) is 10.5. The number of aryl methyl sites for hydroxylation is 2. The Morgan fingerprint density at radius 2 is 1.86 bits per heavy atom. The molecule has 0 heterocycles. The Morgan fingerprint density at radius 1 is 1.07 bits per heavy atom. The Bertz CT molecular complexity index is 829. The largest absolute Gasteiger partial charge is 0.457 e. The van der Waals surface area contributed by atoms with E-state index in [1.807, 2.05) is 38.1 Å². The molecule has 2 aromatic carbocycles. The van der Waals surface area contributed by atoms with Gasteiger partial charge in [0.05, 0.1) is 0 Å². The van der Waals surface area contributed by atoms with E-state index in [0.29, 0.717) is 30.5 Å². The minimum Gasteiger partial charge on any atom is -0.457 e. The molecule has 0 aromatic heterocycles. The molecule has 0 unspecified atom stereocenters. The highest BCUT2D eigenvalue weighted by Gasteiger charge is 2.15. The second kappa shape index (κ2) is 10.3. The van der Waals surface area contributed by atoms with Gasteiger partial charge >= 0.3 is 0 Å². The third-order valence-corrected chi connectivity index (χ3v) is 5.39. The van der Waals surface area contributed by atoms with Crippen LogP contribution < -0.4 is 15.4 Å². The fourth-order valence-electron chi connectivity index (χ4n) is 3.71. The van der Waals surface area contributed by atoms with Crippen LogP contribution in [0.2, 0.25) is 0 Å². The lowest BCUT2D eigenvalue weighted by molar-refractivity contribution is 0.0947. The summed E-state index contributed by atoms with van der Waals surface area (Å²) in [6.07, 6.45) is 5.91. The third kappa shape index (κ3) is 5.97. The van der Waals surface area contributed by atoms with E-state index in [1.54, 1.807) is 7.11 Å². The van der Waals surface area contributed by atoms with Crippen molar-refractivity contribution in [1.29, 1.82) is 0 Å². The molecule has 0 bridgehead atoms. The molecule has 1 aliphatic carbocycles. The van der Waals surface area contributed by atoms with Crippen molar-refractivity contribution < 1.29 is 14.3 Å². The van der Waals surface area contributed by atoms with E-state index in [-0.39, 0.29) is 5.91 Å². The van der Waals surface area contributed by atoms with Crippen molar-refractivity contribution in [2.75, 3.05) is 25.6 Å². The van der Waals surface area contributed by atoms with Crippen LogP contribution in [0.3, 0.4) is 0 Å². The molecule has 5 heteroatoms. The van der Waals surface area contributed by atoms with Crippen molar-refractivity contribution in [3.05, 3.63) is 53.1 Å². The zero-order valence-corrected chi connectivity index (χ0v) is 17.7. The van der Waals surface area contributed by atoms with Crippen LogP contribution in [0.15, 0.2) is 36.4 Å². The molecule has 0 radical (unpaired) electrons. The van der Waals surface area contributed by atoms with Gasteiger partial charge in [0, 0.05) is 37.6 Å². The number of ether oxygens (including phenoxy) is 2. The summed E-state index contributed by atoms with van der Waals surface area (Å²) in [7, 11) is 1.66. The van der Waals surface area contributed by atoms with Crippen molar-refractivity contribution in [2.45, 2.75) is 52.0 Å². The van der Waals surface area contributed by atoms with Gasteiger partial charge in [-0.25, -0.2) is 0 Å². The van der Waals surface area contributed by atoms with Crippen molar-refractivity contribution in [3.63, 3.8) is 0 Å². The molecule has 1 aliphatic rings. The predicted molar refractivity (Wildman–Crippen MR) is 117 cm³/mol. The highest BCUT2D eigenvalue weighted by atomic mass is 16.5. The summed E-state index contributed by atoms with van der Waals surface area (Å²) in [5, 5.41) is 6.55. The van der Waals surface area contributed by atoms with E-state index in [2.05, 4.69) is 22.8 Å². The standard InChI is InChI=1S/C24H32N2O3/c1-17-9-11-21(16-22(17)24(27)25-13-6-14-28-3)29-23-12-10-20(15-18(23)2)26-19-7-4-5-8-19/h9-12,15-16,19,26H,4-8,13-14H2,1-3H3,(H,25,27). The van der Waals surface area contributed by atoms with Gasteiger partial charge in [0.15, 0.2) is 0 Å². The monoisotopic (exact) mass is 396 g/mol. The molecule has 2 N–H and O–H groups in total. The first-order chi connectivity index (χ1) is 14.1. The molecule has 0 aliphatic heterocycles. The first-order valence-corrected chi connectivity index (χ1v) is 10.5. The smallest absolute Gasteiger partial charge is 0.251 e. The molecule has 29 heavy (non-hydrogen) atoms. The maximum Gasteiger partial charge on any atom is 0.251 e. The fourth-order valence-corrected chi connectivity index (χ4v) is 3.71. The summed E-state index contributed by atoms with van der Waals surface area (Å²) in [6.45, 7) is 5.20. The van der Waals surface area contributed by atoms with E-state index in [0.717, 1.165) is 29.0 Å². The van der Waals surface area contributed by atoms with Crippen molar-refractivity contribution >= 4 is 11.6 Å². The molecule has 1 saturated carbocycles. The number of hydrogen-bond donors (Lipinski definition) is 2. The SMILES string of the molecule is COCCCNC(=O)c1cc(Oc2ccc(NC3CCCC3)cc2C)ccc1C. The number of anilines is 1. The van der Waals surface area contributed by atoms with Gasteiger partial charge in [0.1, 0.15) is 11.5 Å². The molecule has 5 nitrogen and oxygen atoms in total. The van der Waals surface area contributed by atoms with Crippen LogP contribution in [0.1, 0.15) is 53.6 Å². The summed E-state index contributed by atoms with van der Waals surface area (Å²) < 4.78 is 11.1. The van der Waals surface area contributed by atoms with E-state index in [9.17, 15) is 4.79 Å². The van der Waals surface area contributed by atoms with Gasteiger partial charge < -0.3 is 20.1 Å². The fraction of sp³-hybridized carbons (Fsp3) is 0.458. The molecule has 1 fully saturated rings. The van der Waals surface area contributed by atoms with Crippen molar-refractivity contribution in [1.82, 2.24) is 5.32 Å². The molecule has 2 aromatic rings. The molecular weight excluding hydrogens is 364 g/mol. The van der Waals surface area contributed by atoms with Crippen LogP contribution in [-0.4, -0.2) is 32.2 Å². The van der Waals surface area contributed by atoms with Gasteiger partial charge in [-0.3, -0.25) is 4.79 Å². The zero-order chi connectivity index (χ0) is 20.6. The van der Waals surface area contributed by atoms with Crippen LogP contribution in [0.4, 0.5) is 5.69 Å². The highest BCUT2D eigenvalue weighted by molar-refractivity contribution is 5.96. The summed E-state index contributed by atoms with van der Waals surface area (Å²) in [4.78, 5) is 12.5. The predicted octanol–water partition coefficient (Wildman–Crippen LogP) is 5.22. The second-order valence-electron chi connectivity index (χ2n) is 7.79. The van der Waals surface area contributed by atoms with Gasteiger partial charge in [-0.15, -0.1) is 0 Å². The number of carbonyl (C=O) groups excluding carboxylic acids is 1. The number of benzene rings is 2. The number of nitrogens with one attached hydrogen (secondary N) is 2.